The molecule has 2 rings (SSSR count). The molecule has 2 aromatic carbocycles. The Morgan fingerprint density at radius 2 is 1.42 bits per heavy atom. The molecule has 0 saturated carbocycles. The molecular formula is C19H23BrO4. The third-order valence-corrected chi connectivity index (χ3v) is 4.35. The molecule has 0 atom stereocenters. The zero-order valence-corrected chi connectivity index (χ0v) is 15.9. The van der Waals surface area contributed by atoms with Crippen molar-refractivity contribution in [2.24, 2.45) is 0 Å². The minimum Gasteiger partial charge on any atom is -0.497 e. The summed E-state index contributed by atoms with van der Waals surface area (Å²) < 4.78 is 23.1. The molecule has 0 saturated heterocycles. The van der Waals surface area contributed by atoms with Crippen LogP contribution in [0.15, 0.2) is 40.9 Å². The topological polar surface area (TPSA) is 36.9 Å². The molecule has 0 radical (unpaired) electrons. The average molecular weight is 395 g/mol. The lowest BCUT2D eigenvalue weighted by Gasteiger charge is -2.12. The van der Waals surface area contributed by atoms with Gasteiger partial charge < -0.3 is 18.9 Å². The molecule has 0 aliphatic heterocycles. The molecule has 0 aromatic heterocycles. The third-order valence-electron chi connectivity index (χ3n) is 3.50. The highest BCUT2D eigenvalue weighted by atomic mass is 79.9. The van der Waals surface area contributed by atoms with Crippen LogP contribution >= 0.6 is 15.9 Å². The van der Waals surface area contributed by atoms with Crippen molar-refractivity contribution in [3.63, 3.8) is 0 Å². The van der Waals surface area contributed by atoms with Crippen molar-refractivity contribution < 1.29 is 18.9 Å². The van der Waals surface area contributed by atoms with E-state index in [1.165, 1.54) is 0 Å². The Kier molecular flexibility index (Phi) is 7.40. The summed E-state index contributed by atoms with van der Waals surface area (Å²) in [6, 6.07) is 11.6. The Morgan fingerprint density at radius 3 is 2.08 bits per heavy atom. The standard InChI is InChI=1S/C19H23BrO4/c1-14-13-19(15(2)12-18(14)20)24-11-9-22-8-10-23-17-6-4-16(21-3)5-7-17/h4-7,12-13H,8-11H2,1-3H3. The fourth-order valence-corrected chi connectivity index (χ4v) is 2.57. The van der Waals surface area contributed by atoms with E-state index < -0.39 is 0 Å². The number of hydrogen-bond donors (Lipinski definition) is 0. The zero-order valence-electron chi connectivity index (χ0n) is 14.3. The Balaban J connectivity index is 1.60. The molecule has 0 amide bonds. The van der Waals surface area contributed by atoms with Gasteiger partial charge in [-0.05, 0) is 61.4 Å². The van der Waals surface area contributed by atoms with E-state index in [4.69, 9.17) is 18.9 Å². The van der Waals surface area contributed by atoms with Crippen LogP contribution in [0, 0.1) is 13.8 Å². The van der Waals surface area contributed by atoms with E-state index >= 15 is 0 Å². The van der Waals surface area contributed by atoms with E-state index in [0.717, 1.165) is 32.8 Å². The van der Waals surface area contributed by atoms with E-state index in [1.807, 2.05) is 44.2 Å². The van der Waals surface area contributed by atoms with E-state index in [-0.39, 0.29) is 0 Å². The number of rotatable bonds is 9. The first-order valence-electron chi connectivity index (χ1n) is 7.84. The minimum absolute atomic E-state index is 0.503. The maximum Gasteiger partial charge on any atom is 0.122 e. The minimum atomic E-state index is 0.503. The van der Waals surface area contributed by atoms with Crippen LogP contribution in [0.4, 0.5) is 0 Å². The Morgan fingerprint density at radius 1 is 0.792 bits per heavy atom. The van der Waals surface area contributed by atoms with Gasteiger partial charge in [0.05, 0.1) is 20.3 Å². The van der Waals surface area contributed by atoms with Crippen molar-refractivity contribution in [1.82, 2.24) is 0 Å². The van der Waals surface area contributed by atoms with Crippen LogP contribution in [0.5, 0.6) is 17.2 Å². The van der Waals surface area contributed by atoms with Gasteiger partial charge in [0.15, 0.2) is 0 Å². The summed E-state index contributed by atoms with van der Waals surface area (Å²) in [5.74, 6) is 2.51. The Bertz CT molecular complexity index is 641. The van der Waals surface area contributed by atoms with Crippen molar-refractivity contribution in [1.29, 1.82) is 0 Å². The molecule has 0 aliphatic rings. The van der Waals surface area contributed by atoms with Crippen molar-refractivity contribution in [3.05, 3.63) is 52.0 Å². The summed E-state index contributed by atoms with van der Waals surface area (Å²) in [5.41, 5.74) is 2.26. The van der Waals surface area contributed by atoms with Gasteiger partial charge in [0.1, 0.15) is 30.5 Å². The van der Waals surface area contributed by atoms with Crippen LogP contribution in [0.1, 0.15) is 11.1 Å². The normalized spacial score (nSPS) is 10.5. The molecule has 0 spiro atoms. The average Bonchev–Trinajstić information content (AvgIpc) is 2.59. The summed E-state index contributed by atoms with van der Waals surface area (Å²) in [5, 5.41) is 0. The van der Waals surface area contributed by atoms with Crippen LogP contribution in [0.2, 0.25) is 0 Å². The second-order valence-electron chi connectivity index (χ2n) is 5.35. The lowest BCUT2D eigenvalue weighted by Crippen LogP contribution is -2.12. The first-order chi connectivity index (χ1) is 11.6. The molecule has 0 unspecified atom stereocenters. The SMILES string of the molecule is COc1ccc(OCCOCCOc2cc(C)c(Br)cc2C)cc1. The maximum atomic E-state index is 5.76. The number of halogens is 1. The number of benzene rings is 2. The van der Waals surface area contributed by atoms with Gasteiger partial charge in [-0.2, -0.15) is 0 Å². The summed E-state index contributed by atoms with van der Waals surface area (Å²) in [7, 11) is 1.64. The monoisotopic (exact) mass is 394 g/mol. The Hall–Kier alpha value is -1.72. The van der Waals surface area contributed by atoms with Crippen LogP contribution in [0.25, 0.3) is 0 Å². The van der Waals surface area contributed by atoms with Gasteiger partial charge in [0.2, 0.25) is 0 Å². The highest BCUT2D eigenvalue weighted by Crippen LogP contribution is 2.26. The van der Waals surface area contributed by atoms with Gasteiger partial charge in [0.25, 0.3) is 0 Å². The van der Waals surface area contributed by atoms with E-state index in [1.54, 1.807) is 7.11 Å². The predicted molar refractivity (Wildman–Crippen MR) is 98.4 cm³/mol. The van der Waals surface area contributed by atoms with Gasteiger partial charge in [-0.25, -0.2) is 0 Å². The number of hydrogen-bond acceptors (Lipinski definition) is 4. The zero-order chi connectivity index (χ0) is 17.4. The van der Waals surface area contributed by atoms with Gasteiger partial charge >= 0.3 is 0 Å². The van der Waals surface area contributed by atoms with Gasteiger partial charge in [0, 0.05) is 4.47 Å². The van der Waals surface area contributed by atoms with E-state index in [0.29, 0.717) is 26.4 Å². The molecule has 0 aliphatic carbocycles. The molecule has 4 nitrogen and oxygen atoms in total. The summed E-state index contributed by atoms with van der Waals surface area (Å²) in [6.07, 6.45) is 0. The first-order valence-corrected chi connectivity index (χ1v) is 8.63. The van der Waals surface area contributed by atoms with Crippen molar-refractivity contribution in [2.75, 3.05) is 33.5 Å². The van der Waals surface area contributed by atoms with Crippen LogP contribution in [-0.2, 0) is 4.74 Å². The number of ether oxygens (including phenoxy) is 4. The van der Waals surface area contributed by atoms with Crippen LogP contribution < -0.4 is 14.2 Å². The quantitative estimate of drug-likeness (QED) is 0.584. The predicted octanol–water partition coefficient (Wildman–Crippen LogP) is 4.55. The fourth-order valence-electron chi connectivity index (χ4n) is 2.11. The molecule has 0 bridgehead atoms. The molecule has 5 heteroatoms. The second kappa shape index (κ2) is 9.55. The van der Waals surface area contributed by atoms with Crippen LogP contribution in [-0.4, -0.2) is 33.5 Å². The maximum absolute atomic E-state index is 5.76. The van der Waals surface area contributed by atoms with Crippen molar-refractivity contribution >= 4 is 15.9 Å². The van der Waals surface area contributed by atoms with Gasteiger partial charge in [-0.1, -0.05) is 15.9 Å². The summed E-state index contributed by atoms with van der Waals surface area (Å²) >= 11 is 3.52. The highest BCUT2D eigenvalue weighted by molar-refractivity contribution is 9.10. The van der Waals surface area contributed by atoms with E-state index in [9.17, 15) is 0 Å². The lowest BCUT2D eigenvalue weighted by atomic mass is 10.1. The summed E-state index contributed by atoms with van der Waals surface area (Å²) in [6.45, 7) is 6.15. The molecule has 24 heavy (non-hydrogen) atoms. The van der Waals surface area contributed by atoms with Gasteiger partial charge in [-0.15, -0.1) is 0 Å². The molecule has 0 N–H and O–H groups in total. The van der Waals surface area contributed by atoms with E-state index in [2.05, 4.69) is 22.0 Å². The molecule has 130 valence electrons. The third kappa shape index (κ3) is 5.73. The number of methoxy groups -OCH3 is 1. The summed E-state index contributed by atoms with van der Waals surface area (Å²) in [4.78, 5) is 0. The molecule has 2 aromatic rings. The lowest BCUT2D eigenvalue weighted by molar-refractivity contribution is 0.0762. The molecule has 0 fully saturated rings. The smallest absolute Gasteiger partial charge is 0.122 e. The largest absolute Gasteiger partial charge is 0.497 e. The molecule has 0 heterocycles. The Labute approximate surface area is 151 Å². The fraction of sp³-hybridized carbons (Fsp3) is 0.368. The highest BCUT2D eigenvalue weighted by Gasteiger charge is 2.03. The van der Waals surface area contributed by atoms with Crippen molar-refractivity contribution in [2.45, 2.75) is 13.8 Å². The number of aryl methyl sites for hydroxylation is 2. The first kappa shape index (κ1) is 18.6. The van der Waals surface area contributed by atoms with Crippen LogP contribution in [0.3, 0.4) is 0 Å². The molecular weight excluding hydrogens is 372 g/mol. The van der Waals surface area contributed by atoms with Gasteiger partial charge in [-0.3, -0.25) is 0 Å². The second-order valence-corrected chi connectivity index (χ2v) is 6.21. The van der Waals surface area contributed by atoms with Crippen molar-refractivity contribution in [3.8, 4) is 17.2 Å².